The highest BCUT2D eigenvalue weighted by atomic mass is 19.1. The summed E-state index contributed by atoms with van der Waals surface area (Å²) in [5.41, 5.74) is 6.29. The predicted octanol–water partition coefficient (Wildman–Crippen LogP) is 1.99. The number of hydrogen-bond acceptors (Lipinski definition) is 3. The number of nitrogens with two attached hydrogens (primary N) is 1. The van der Waals surface area contributed by atoms with Gasteiger partial charge in [0.2, 0.25) is 0 Å². The lowest BCUT2D eigenvalue weighted by Crippen LogP contribution is -2.48. The van der Waals surface area contributed by atoms with Gasteiger partial charge in [-0.1, -0.05) is 6.92 Å². The Hall–Kier alpha value is -1.04. The Morgan fingerprint density at radius 1 is 1.15 bits per heavy atom. The molecule has 0 spiro atoms. The van der Waals surface area contributed by atoms with Crippen molar-refractivity contribution in [3.05, 3.63) is 35.4 Å². The van der Waals surface area contributed by atoms with Crippen LogP contribution in [0.25, 0.3) is 0 Å². The molecule has 1 saturated heterocycles. The molecule has 0 bridgehead atoms. The Bertz CT molecular complexity index is 431. The van der Waals surface area contributed by atoms with Gasteiger partial charge in [-0.15, -0.1) is 0 Å². The fourth-order valence-electron chi connectivity index (χ4n) is 2.69. The van der Waals surface area contributed by atoms with Gasteiger partial charge in [-0.2, -0.15) is 0 Å². The summed E-state index contributed by atoms with van der Waals surface area (Å²) in [4.78, 5) is 4.64. The van der Waals surface area contributed by atoms with E-state index < -0.39 is 17.7 Å². The highest BCUT2D eigenvalue weighted by molar-refractivity contribution is 5.22. The molecule has 5 heteroatoms. The third-order valence-electron chi connectivity index (χ3n) is 3.82. The molecular weight excluding hydrogens is 260 g/mol. The quantitative estimate of drug-likeness (QED) is 0.897. The first-order valence-electron chi connectivity index (χ1n) is 7.25. The summed E-state index contributed by atoms with van der Waals surface area (Å²) in [6.07, 6.45) is 1.16. The van der Waals surface area contributed by atoms with Gasteiger partial charge in [-0.05, 0) is 31.2 Å². The van der Waals surface area contributed by atoms with Crippen molar-refractivity contribution in [2.75, 3.05) is 39.3 Å². The second-order valence-corrected chi connectivity index (χ2v) is 5.41. The Balaban J connectivity index is 1.89. The zero-order valence-corrected chi connectivity index (χ0v) is 12.0. The number of piperazine rings is 1. The van der Waals surface area contributed by atoms with E-state index in [0.717, 1.165) is 51.3 Å². The van der Waals surface area contributed by atoms with E-state index >= 15 is 0 Å². The largest absolute Gasteiger partial charge is 0.323 e. The second-order valence-electron chi connectivity index (χ2n) is 5.41. The molecule has 2 rings (SSSR count). The Kier molecular flexibility index (Phi) is 5.46. The van der Waals surface area contributed by atoms with Crippen LogP contribution >= 0.6 is 0 Å². The van der Waals surface area contributed by atoms with Crippen LogP contribution in [0.3, 0.4) is 0 Å². The minimum Gasteiger partial charge on any atom is -0.323 e. The topological polar surface area (TPSA) is 32.5 Å². The van der Waals surface area contributed by atoms with Gasteiger partial charge >= 0.3 is 0 Å². The molecule has 0 radical (unpaired) electrons. The van der Waals surface area contributed by atoms with Gasteiger partial charge in [0.05, 0.1) is 0 Å². The van der Waals surface area contributed by atoms with Crippen LogP contribution in [0, 0.1) is 11.6 Å². The van der Waals surface area contributed by atoms with Crippen LogP contribution in [-0.2, 0) is 0 Å². The van der Waals surface area contributed by atoms with Crippen molar-refractivity contribution < 1.29 is 8.78 Å². The average molecular weight is 283 g/mol. The molecule has 0 aromatic heterocycles. The maximum atomic E-state index is 13.7. The minimum atomic E-state index is -0.483. The van der Waals surface area contributed by atoms with E-state index in [1.807, 2.05) is 0 Å². The van der Waals surface area contributed by atoms with Crippen molar-refractivity contribution in [3.8, 4) is 0 Å². The summed E-state index contributed by atoms with van der Waals surface area (Å²) in [6, 6.07) is 2.98. The van der Waals surface area contributed by atoms with Crippen LogP contribution in [0.1, 0.15) is 24.9 Å². The van der Waals surface area contributed by atoms with Crippen molar-refractivity contribution in [1.29, 1.82) is 0 Å². The molecule has 20 heavy (non-hydrogen) atoms. The monoisotopic (exact) mass is 283 g/mol. The van der Waals surface area contributed by atoms with Crippen molar-refractivity contribution in [1.82, 2.24) is 9.80 Å². The summed E-state index contributed by atoms with van der Waals surface area (Å²) < 4.78 is 26.8. The van der Waals surface area contributed by atoms with E-state index in [9.17, 15) is 8.78 Å². The lowest BCUT2D eigenvalue weighted by Gasteiger charge is -2.35. The molecule has 2 N–H and O–H groups in total. The Morgan fingerprint density at radius 2 is 1.80 bits per heavy atom. The van der Waals surface area contributed by atoms with Gasteiger partial charge in [-0.3, -0.25) is 4.90 Å². The number of nitrogens with zero attached hydrogens (tertiary/aromatic N) is 2. The van der Waals surface area contributed by atoms with E-state index in [4.69, 9.17) is 5.73 Å². The third kappa shape index (κ3) is 3.98. The fraction of sp³-hybridized carbons (Fsp3) is 0.600. The van der Waals surface area contributed by atoms with Gasteiger partial charge in [0.1, 0.15) is 11.6 Å². The molecule has 1 unspecified atom stereocenters. The zero-order chi connectivity index (χ0) is 14.5. The lowest BCUT2D eigenvalue weighted by molar-refractivity contribution is 0.127. The van der Waals surface area contributed by atoms with E-state index in [2.05, 4.69) is 16.7 Å². The molecule has 0 amide bonds. The van der Waals surface area contributed by atoms with E-state index in [1.165, 1.54) is 6.07 Å². The maximum Gasteiger partial charge on any atom is 0.128 e. The molecular formula is C15H23F2N3. The number of benzene rings is 1. The first-order chi connectivity index (χ1) is 9.60. The molecule has 1 aliphatic rings. The fourth-order valence-corrected chi connectivity index (χ4v) is 2.69. The lowest BCUT2D eigenvalue weighted by atomic mass is 10.1. The van der Waals surface area contributed by atoms with Crippen molar-refractivity contribution in [3.63, 3.8) is 0 Å². The minimum absolute atomic E-state index is 0.265. The van der Waals surface area contributed by atoms with E-state index in [1.54, 1.807) is 0 Å². The first kappa shape index (κ1) is 15.4. The summed E-state index contributed by atoms with van der Waals surface area (Å²) >= 11 is 0. The molecule has 0 aliphatic carbocycles. The van der Waals surface area contributed by atoms with Crippen LogP contribution in [0.5, 0.6) is 0 Å². The van der Waals surface area contributed by atoms with Gasteiger partial charge in [0.25, 0.3) is 0 Å². The van der Waals surface area contributed by atoms with Crippen molar-refractivity contribution in [2.24, 2.45) is 5.73 Å². The molecule has 1 atom stereocenters. The van der Waals surface area contributed by atoms with E-state index in [0.29, 0.717) is 6.54 Å². The predicted molar refractivity (Wildman–Crippen MR) is 76.5 cm³/mol. The summed E-state index contributed by atoms with van der Waals surface area (Å²) in [7, 11) is 0. The van der Waals surface area contributed by atoms with Gasteiger partial charge < -0.3 is 10.6 Å². The van der Waals surface area contributed by atoms with Gasteiger partial charge in [-0.25, -0.2) is 8.78 Å². The summed E-state index contributed by atoms with van der Waals surface area (Å²) in [5, 5.41) is 0. The maximum absolute atomic E-state index is 13.7. The summed E-state index contributed by atoms with van der Waals surface area (Å²) in [5.74, 6) is -0.867. The normalized spacial score (nSPS) is 19.2. The number of hydrogen-bond donors (Lipinski definition) is 1. The number of halogens is 2. The molecule has 1 aromatic carbocycles. The first-order valence-corrected chi connectivity index (χ1v) is 7.25. The molecule has 1 aliphatic heterocycles. The van der Waals surface area contributed by atoms with Crippen LogP contribution in [-0.4, -0.2) is 49.1 Å². The molecule has 3 nitrogen and oxygen atoms in total. The Morgan fingerprint density at radius 3 is 2.45 bits per heavy atom. The van der Waals surface area contributed by atoms with E-state index in [-0.39, 0.29) is 5.56 Å². The molecule has 1 aromatic rings. The molecule has 1 heterocycles. The highest BCUT2D eigenvalue weighted by Crippen LogP contribution is 2.18. The third-order valence-corrected chi connectivity index (χ3v) is 3.82. The van der Waals surface area contributed by atoms with Gasteiger partial charge in [0, 0.05) is 44.3 Å². The average Bonchev–Trinajstić information content (AvgIpc) is 2.44. The molecule has 112 valence electrons. The van der Waals surface area contributed by atoms with Crippen LogP contribution < -0.4 is 5.73 Å². The summed E-state index contributed by atoms with van der Waals surface area (Å²) in [6.45, 7) is 7.78. The van der Waals surface area contributed by atoms with Gasteiger partial charge in [0.15, 0.2) is 0 Å². The van der Waals surface area contributed by atoms with Crippen molar-refractivity contribution >= 4 is 0 Å². The zero-order valence-electron chi connectivity index (χ0n) is 12.0. The number of rotatable bonds is 5. The Labute approximate surface area is 119 Å². The highest BCUT2D eigenvalue weighted by Gasteiger charge is 2.20. The van der Waals surface area contributed by atoms with Crippen LogP contribution in [0.4, 0.5) is 8.78 Å². The molecule has 0 saturated carbocycles. The standard InChI is InChI=1S/C15H23F2N3/c1-2-5-19-6-8-20(9-7-19)11-15(18)13-10-12(16)3-4-14(13)17/h3-4,10,15H,2,5-9,11,18H2,1H3. The second kappa shape index (κ2) is 7.11. The van der Waals surface area contributed by atoms with Crippen LogP contribution in [0.2, 0.25) is 0 Å². The SMILES string of the molecule is CCCN1CCN(CC(N)c2cc(F)ccc2F)CC1. The van der Waals surface area contributed by atoms with Crippen molar-refractivity contribution in [2.45, 2.75) is 19.4 Å². The smallest absolute Gasteiger partial charge is 0.128 e. The van der Waals surface area contributed by atoms with Crippen LogP contribution in [0.15, 0.2) is 18.2 Å². The molecule has 1 fully saturated rings.